The lowest BCUT2D eigenvalue weighted by atomic mass is 10.3. The third-order valence-corrected chi connectivity index (χ3v) is 1.72. The van der Waals surface area contributed by atoms with Crippen molar-refractivity contribution < 1.29 is 4.79 Å². The molecule has 1 heterocycles. The van der Waals surface area contributed by atoms with Crippen molar-refractivity contribution >= 4 is 6.03 Å². The van der Waals surface area contributed by atoms with Crippen LogP contribution in [0, 0.1) is 0 Å². The van der Waals surface area contributed by atoms with Gasteiger partial charge in [0.2, 0.25) is 0 Å². The minimum absolute atomic E-state index is 0.217. The maximum Gasteiger partial charge on any atom is 0.319 e. The normalized spacial score (nSPS) is 10.2. The molecule has 0 aliphatic carbocycles. The first-order chi connectivity index (χ1) is 7.33. The van der Waals surface area contributed by atoms with Crippen molar-refractivity contribution in [2.75, 3.05) is 0 Å². The van der Waals surface area contributed by atoms with E-state index in [9.17, 15) is 4.79 Å². The standard InChI is InChI=1S/C11H15N3O/c1-2-3-7-13-11(15)14-9-10-6-4-5-8-12-10/h3-8H,2,9H2,1H3,(H2,13,14,15)/b7-3+. The van der Waals surface area contributed by atoms with E-state index in [4.69, 9.17) is 0 Å². The lowest BCUT2D eigenvalue weighted by Crippen LogP contribution is -2.31. The summed E-state index contributed by atoms with van der Waals surface area (Å²) in [5.74, 6) is 0. The van der Waals surface area contributed by atoms with Crippen molar-refractivity contribution in [3.05, 3.63) is 42.4 Å². The predicted molar refractivity (Wildman–Crippen MR) is 59.0 cm³/mol. The van der Waals surface area contributed by atoms with Crippen LogP contribution in [0.3, 0.4) is 0 Å². The first-order valence-electron chi connectivity index (χ1n) is 4.92. The second-order valence-corrected chi connectivity index (χ2v) is 2.96. The summed E-state index contributed by atoms with van der Waals surface area (Å²) in [6.45, 7) is 2.44. The highest BCUT2D eigenvalue weighted by atomic mass is 16.2. The summed E-state index contributed by atoms with van der Waals surface area (Å²) in [5, 5.41) is 5.29. The molecular formula is C11H15N3O. The summed E-state index contributed by atoms with van der Waals surface area (Å²) >= 11 is 0. The smallest absolute Gasteiger partial charge is 0.319 e. The zero-order valence-corrected chi connectivity index (χ0v) is 8.73. The van der Waals surface area contributed by atoms with Gasteiger partial charge in [0, 0.05) is 12.4 Å². The first kappa shape index (κ1) is 11.2. The Labute approximate surface area is 89.4 Å². The summed E-state index contributed by atoms with van der Waals surface area (Å²) in [6, 6.07) is 5.37. The molecule has 0 atom stereocenters. The van der Waals surface area contributed by atoms with E-state index >= 15 is 0 Å². The van der Waals surface area contributed by atoms with Crippen LogP contribution >= 0.6 is 0 Å². The van der Waals surface area contributed by atoms with E-state index in [2.05, 4.69) is 15.6 Å². The molecule has 15 heavy (non-hydrogen) atoms. The van der Waals surface area contributed by atoms with Crippen LogP contribution in [0.4, 0.5) is 4.79 Å². The monoisotopic (exact) mass is 205 g/mol. The van der Waals surface area contributed by atoms with Crippen molar-refractivity contribution in [3.8, 4) is 0 Å². The SMILES string of the molecule is CC/C=C/NC(=O)NCc1ccccn1. The molecule has 1 aromatic rings. The summed E-state index contributed by atoms with van der Waals surface area (Å²) in [4.78, 5) is 15.3. The number of allylic oxidation sites excluding steroid dienone is 1. The van der Waals surface area contributed by atoms with E-state index < -0.39 is 0 Å². The van der Waals surface area contributed by atoms with Crippen molar-refractivity contribution in [1.29, 1.82) is 0 Å². The number of nitrogens with zero attached hydrogens (tertiary/aromatic N) is 1. The molecule has 1 rings (SSSR count). The van der Waals surface area contributed by atoms with E-state index in [-0.39, 0.29) is 6.03 Å². The number of urea groups is 1. The molecule has 4 heteroatoms. The second kappa shape index (κ2) is 6.59. The number of amides is 2. The van der Waals surface area contributed by atoms with Gasteiger partial charge in [-0.15, -0.1) is 0 Å². The minimum Gasteiger partial charge on any atom is -0.332 e. The average Bonchev–Trinajstić information content (AvgIpc) is 2.28. The number of hydrogen-bond acceptors (Lipinski definition) is 2. The van der Waals surface area contributed by atoms with Crippen LogP contribution in [0.2, 0.25) is 0 Å². The summed E-state index contributed by atoms with van der Waals surface area (Å²) < 4.78 is 0. The number of rotatable bonds is 4. The van der Waals surface area contributed by atoms with Crippen molar-refractivity contribution in [1.82, 2.24) is 15.6 Å². The molecule has 0 aliphatic rings. The fourth-order valence-corrected chi connectivity index (χ4v) is 0.977. The van der Waals surface area contributed by atoms with Gasteiger partial charge in [-0.1, -0.05) is 19.1 Å². The van der Waals surface area contributed by atoms with Crippen LogP contribution < -0.4 is 10.6 Å². The fourth-order valence-electron chi connectivity index (χ4n) is 0.977. The third-order valence-electron chi connectivity index (χ3n) is 1.72. The highest BCUT2D eigenvalue weighted by Crippen LogP contribution is 1.91. The lowest BCUT2D eigenvalue weighted by molar-refractivity contribution is 0.243. The van der Waals surface area contributed by atoms with Crippen LogP contribution in [-0.4, -0.2) is 11.0 Å². The van der Waals surface area contributed by atoms with Crippen LogP contribution in [0.25, 0.3) is 0 Å². The van der Waals surface area contributed by atoms with Gasteiger partial charge in [0.25, 0.3) is 0 Å². The maximum absolute atomic E-state index is 11.2. The van der Waals surface area contributed by atoms with E-state index in [1.807, 2.05) is 31.2 Å². The minimum atomic E-state index is -0.217. The van der Waals surface area contributed by atoms with Gasteiger partial charge in [-0.2, -0.15) is 0 Å². The number of nitrogens with one attached hydrogen (secondary N) is 2. The molecule has 0 radical (unpaired) electrons. The Kier molecular flexibility index (Phi) is 4.94. The molecule has 80 valence electrons. The topological polar surface area (TPSA) is 54.0 Å². The summed E-state index contributed by atoms with van der Waals surface area (Å²) in [7, 11) is 0. The Morgan fingerprint density at radius 2 is 2.40 bits per heavy atom. The molecule has 1 aromatic heterocycles. The quantitative estimate of drug-likeness (QED) is 0.787. The van der Waals surface area contributed by atoms with Crippen LogP contribution in [0.15, 0.2) is 36.7 Å². The van der Waals surface area contributed by atoms with Gasteiger partial charge >= 0.3 is 6.03 Å². The van der Waals surface area contributed by atoms with Gasteiger partial charge in [-0.25, -0.2) is 4.79 Å². The molecule has 0 unspecified atom stereocenters. The van der Waals surface area contributed by atoms with E-state index in [0.29, 0.717) is 6.54 Å². The Balaban J connectivity index is 2.26. The maximum atomic E-state index is 11.2. The highest BCUT2D eigenvalue weighted by molar-refractivity contribution is 5.74. The fraction of sp³-hybridized carbons (Fsp3) is 0.273. The Morgan fingerprint density at radius 1 is 1.53 bits per heavy atom. The highest BCUT2D eigenvalue weighted by Gasteiger charge is 1.97. The van der Waals surface area contributed by atoms with Gasteiger partial charge in [0.1, 0.15) is 0 Å². The van der Waals surface area contributed by atoms with Crippen LogP contribution in [0.5, 0.6) is 0 Å². The molecule has 0 aromatic carbocycles. The van der Waals surface area contributed by atoms with Crippen molar-refractivity contribution in [2.45, 2.75) is 19.9 Å². The number of aromatic nitrogens is 1. The Bertz CT molecular complexity index is 322. The lowest BCUT2D eigenvalue weighted by Gasteiger charge is -2.03. The van der Waals surface area contributed by atoms with E-state index in [0.717, 1.165) is 12.1 Å². The summed E-state index contributed by atoms with van der Waals surface area (Å²) in [6.07, 6.45) is 6.11. The number of pyridine rings is 1. The van der Waals surface area contributed by atoms with Gasteiger partial charge < -0.3 is 10.6 Å². The van der Waals surface area contributed by atoms with E-state index in [1.165, 1.54) is 0 Å². The van der Waals surface area contributed by atoms with Crippen LogP contribution in [-0.2, 0) is 6.54 Å². The molecule has 0 aliphatic heterocycles. The molecular weight excluding hydrogens is 190 g/mol. The van der Waals surface area contributed by atoms with Gasteiger partial charge in [-0.05, 0) is 18.6 Å². The first-order valence-corrected chi connectivity index (χ1v) is 4.92. The molecule has 2 amide bonds. The predicted octanol–water partition coefficient (Wildman–Crippen LogP) is 1.80. The zero-order chi connectivity index (χ0) is 10.9. The number of carbonyl (C=O) groups is 1. The summed E-state index contributed by atoms with van der Waals surface area (Å²) in [5.41, 5.74) is 0.840. The molecule has 2 N–H and O–H groups in total. The number of hydrogen-bond donors (Lipinski definition) is 2. The molecule has 0 saturated heterocycles. The largest absolute Gasteiger partial charge is 0.332 e. The van der Waals surface area contributed by atoms with Gasteiger partial charge in [0.15, 0.2) is 0 Å². The number of carbonyl (C=O) groups excluding carboxylic acids is 1. The molecule has 0 fully saturated rings. The Morgan fingerprint density at radius 3 is 3.07 bits per heavy atom. The van der Waals surface area contributed by atoms with Gasteiger partial charge in [-0.3, -0.25) is 4.98 Å². The van der Waals surface area contributed by atoms with Gasteiger partial charge in [0.05, 0.1) is 12.2 Å². The third kappa shape index (κ3) is 4.81. The zero-order valence-electron chi connectivity index (χ0n) is 8.73. The van der Waals surface area contributed by atoms with Crippen molar-refractivity contribution in [3.63, 3.8) is 0 Å². The molecule has 0 bridgehead atoms. The molecule has 0 spiro atoms. The van der Waals surface area contributed by atoms with Crippen LogP contribution in [0.1, 0.15) is 19.0 Å². The van der Waals surface area contributed by atoms with E-state index in [1.54, 1.807) is 12.4 Å². The average molecular weight is 205 g/mol. The van der Waals surface area contributed by atoms with Crippen molar-refractivity contribution in [2.24, 2.45) is 0 Å². The Hall–Kier alpha value is -1.84. The molecule has 0 saturated carbocycles. The molecule has 4 nitrogen and oxygen atoms in total. The second-order valence-electron chi connectivity index (χ2n) is 2.96.